The molecule has 0 fully saturated rings. The molecule has 0 spiro atoms. The monoisotopic (exact) mass is 301 g/mol. The first-order valence-electron chi connectivity index (χ1n) is 6.80. The van der Waals surface area contributed by atoms with Crippen LogP contribution in [0.3, 0.4) is 0 Å². The van der Waals surface area contributed by atoms with E-state index < -0.39 is 23.8 Å². The van der Waals surface area contributed by atoms with Crippen molar-refractivity contribution in [2.75, 3.05) is 5.32 Å². The zero-order chi connectivity index (χ0) is 16.1. The highest BCUT2D eigenvalue weighted by atomic mass is 19.1. The van der Waals surface area contributed by atoms with Gasteiger partial charge in [-0.2, -0.15) is 0 Å². The maximum atomic E-state index is 13.5. The molecule has 1 N–H and O–H groups in total. The van der Waals surface area contributed by atoms with Crippen LogP contribution in [0.2, 0.25) is 0 Å². The standard InChI is InChI=1S/C17H16FNO3/c1-11-6-5-7-13(10-11)17(21)22-12(2)16(20)19-15-9-4-3-8-14(15)18/h3-10,12H,1-2H3,(H,19,20)/t12-/m0/s1. The van der Waals surface area contributed by atoms with Gasteiger partial charge >= 0.3 is 5.97 Å². The summed E-state index contributed by atoms with van der Waals surface area (Å²) in [6.07, 6.45) is -1.03. The van der Waals surface area contributed by atoms with Crippen LogP contribution in [0.15, 0.2) is 48.5 Å². The van der Waals surface area contributed by atoms with Crippen LogP contribution in [0.5, 0.6) is 0 Å². The van der Waals surface area contributed by atoms with E-state index in [0.29, 0.717) is 5.56 Å². The van der Waals surface area contributed by atoms with E-state index in [1.807, 2.05) is 13.0 Å². The molecule has 0 bridgehead atoms. The summed E-state index contributed by atoms with van der Waals surface area (Å²) < 4.78 is 18.6. The lowest BCUT2D eigenvalue weighted by Crippen LogP contribution is -2.30. The molecule has 0 saturated heterocycles. The fourth-order valence-corrected chi connectivity index (χ4v) is 1.85. The molecule has 2 rings (SSSR count). The minimum absolute atomic E-state index is 0.0472. The molecule has 22 heavy (non-hydrogen) atoms. The highest BCUT2D eigenvalue weighted by Crippen LogP contribution is 2.14. The Hall–Kier alpha value is -2.69. The number of ether oxygens (including phenoxy) is 1. The second kappa shape index (κ2) is 6.85. The summed E-state index contributed by atoms with van der Waals surface area (Å²) in [6.45, 7) is 3.29. The molecular weight excluding hydrogens is 285 g/mol. The Kier molecular flexibility index (Phi) is 4.88. The summed E-state index contributed by atoms with van der Waals surface area (Å²) in [7, 11) is 0. The van der Waals surface area contributed by atoms with E-state index in [1.165, 1.54) is 25.1 Å². The summed E-state index contributed by atoms with van der Waals surface area (Å²) >= 11 is 0. The molecule has 2 aromatic carbocycles. The van der Waals surface area contributed by atoms with Crippen LogP contribution in [0.1, 0.15) is 22.8 Å². The molecule has 0 aliphatic carbocycles. The highest BCUT2D eigenvalue weighted by molar-refractivity contribution is 5.97. The smallest absolute Gasteiger partial charge is 0.338 e. The molecule has 5 heteroatoms. The topological polar surface area (TPSA) is 55.4 Å². The quantitative estimate of drug-likeness (QED) is 0.881. The summed E-state index contributed by atoms with van der Waals surface area (Å²) in [5.74, 6) is -1.74. The highest BCUT2D eigenvalue weighted by Gasteiger charge is 2.19. The molecule has 0 saturated carbocycles. The Morgan fingerprint density at radius 2 is 1.86 bits per heavy atom. The summed E-state index contributed by atoms with van der Waals surface area (Å²) in [5.41, 5.74) is 1.33. The van der Waals surface area contributed by atoms with Gasteiger partial charge in [-0.1, -0.05) is 29.8 Å². The van der Waals surface area contributed by atoms with Crippen LogP contribution in [0.25, 0.3) is 0 Å². The van der Waals surface area contributed by atoms with E-state index >= 15 is 0 Å². The molecule has 0 aromatic heterocycles. The van der Waals surface area contributed by atoms with Gasteiger partial charge in [0.2, 0.25) is 0 Å². The van der Waals surface area contributed by atoms with Crippen LogP contribution in [0.4, 0.5) is 10.1 Å². The summed E-state index contributed by atoms with van der Waals surface area (Å²) in [5, 5.41) is 2.39. The minimum Gasteiger partial charge on any atom is -0.449 e. The average molecular weight is 301 g/mol. The number of anilines is 1. The summed E-state index contributed by atoms with van der Waals surface area (Å²) in [4.78, 5) is 23.9. The van der Waals surface area contributed by atoms with Crippen molar-refractivity contribution < 1.29 is 18.7 Å². The van der Waals surface area contributed by atoms with Gasteiger partial charge in [0.15, 0.2) is 6.10 Å². The Morgan fingerprint density at radius 3 is 2.55 bits per heavy atom. The predicted octanol–water partition coefficient (Wildman–Crippen LogP) is 3.32. The largest absolute Gasteiger partial charge is 0.449 e. The number of hydrogen-bond donors (Lipinski definition) is 1. The Balaban J connectivity index is 1.99. The Bertz CT molecular complexity index is 700. The van der Waals surface area contributed by atoms with Crippen LogP contribution in [0, 0.1) is 12.7 Å². The van der Waals surface area contributed by atoms with E-state index in [9.17, 15) is 14.0 Å². The first-order valence-corrected chi connectivity index (χ1v) is 6.80. The van der Waals surface area contributed by atoms with Crippen molar-refractivity contribution in [1.82, 2.24) is 0 Å². The number of nitrogens with one attached hydrogen (secondary N) is 1. The maximum Gasteiger partial charge on any atom is 0.338 e. The van der Waals surface area contributed by atoms with Gasteiger partial charge in [-0.3, -0.25) is 4.79 Å². The number of carbonyl (C=O) groups excluding carboxylic acids is 2. The van der Waals surface area contributed by atoms with E-state index in [-0.39, 0.29) is 5.69 Å². The predicted molar refractivity (Wildman–Crippen MR) is 81.1 cm³/mol. The van der Waals surface area contributed by atoms with Gasteiger partial charge in [0, 0.05) is 0 Å². The molecular formula is C17H16FNO3. The molecule has 1 amide bonds. The number of aryl methyl sites for hydroxylation is 1. The van der Waals surface area contributed by atoms with Crippen LogP contribution < -0.4 is 5.32 Å². The van der Waals surface area contributed by atoms with Crippen molar-refractivity contribution in [3.63, 3.8) is 0 Å². The van der Waals surface area contributed by atoms with Crippen molar-refractivity contribution >= 4 is 17.6 Å². The molecule has 4 nitrogen and oxygen atoms in total. The number of halogens is 1. The van der Waals surface area contributed by atoms with Crippen molar-refractivity contribution in [3.8, 4) is 0 Å². The van der Waals surface area contributed by atoms with Gasteiger partial charge in [0.1, 0.15) is 5.82 Å². The first-order chi connectivity index (χ1) is 10.5. The van der Waals surface area contributed by atoms with E-state index in [2.05, 4.69) is 5.32 Å². The van der Waals surface area contributed by atoms with Crippen molar-refractivity contribution in [2.24, 2.45) is 0 Å². The third-order valence-corrected chi connectivity index (χ3v) is 3.04. The van der Waals surface area contributed by atoms with Gasteiger partial charge in [-0.15, -0.1) is 0 Å². The van der Waals surface area contributed by atoms with E-state index in [0.717, 1.165) is 5.56 Å². The lowest BCUT2D eigenvalue weighted by molar-refractivity contribution is -0.123. The fourth-order valence-electron chi connectivity index (χ4n) is 1.85. The van der Waals surface area contributed by atoms with Gasteiger partial charge in [-0.25, -0.2) is 9.18 Å². The number of para-hydroxylation sites is 1. The normalized spacial score (nSPS) is 11.6. The molecule has 114 valence electrons. The van der Waals surface area contributed by atoms with Gasteiger partial charge < -0.3 is 10.1 Å². The number of amides is 1. The third kappa shape index (κ3) is 3.91. The molecule has 0 unspecified atom stereocenters. The van der Waals surface area contributed by atoms with Gasteiger partial charge in [0.05, 0.1) is 11.3 Å². The van der Waals surface area contributed by atoms with Crippen molar-refractivity contribution in [3.05, 3.63) is 65.5 Å². The fraction of sp³-hybridized carbons (Fsp3) is 0.176. The number of carbonyl (C=O) groups is 2. The number of hydrogen-bond acceptors (Lipinski definition) is 3. The average Bonchev–Trinajstić information content (AvgIpc) is 2.49. The molecule has 0 aliphatic rings. The Labute approximate surface area is 127 Å². The first kappa shape index (κ1) is 15.7. The molecule has 0 heterocycles. The lowest BCUT2D eigenvalue weighted by atomic mass is 10.1. The number of esters is 1. The number of benzene rings is 2. The zero-order valence-corrected chi connectivity index (χ0v) is 12.3. The second-order valence-corrected chi connectivity index (χ2v) is 4.89. The van der Waals surface area contributed by atoms with Gasteiger partial charge in [0.25, 0.3) is 5.91 Å². The van der Waals surface area contributed by atoms with Crippen molar-refractivity contribution in [2.45, 2.75) is 20.0 Å². The van der Waals surface area contributed by atoms with E-state index in [4.69, 9.17) is 4.74 Å². The molecule has 1 atom stereocenters. The van der Waals surface area contributed by atoms with Crippen LogP contribution >= 0.6 is 0 Å². The van der Waals surface area contributed by atoms with Crippen LogP contribution in [-0.4, -0.2) is 18.0 Å². The zero-order valence-electron chi connectivity index (χ0n) is 12.3. The minimum atomic E-state index is -1.03. The summed E-state index contributed by atoms with van der Waals surface area (Å²) in [6, 6.07) is 12.7. The van der Waals surface area contributed by atoms with E-state index in [1.54, 1.807) is 24.3 Å². The lowest BCUT2D eigenvalue weighted by Gasteiger charge is -2.14. The maximum absolute atomic E-state index is 13.5. The second-order valence-electron chi connectivity index (χ2n) is 4.89. The SMILES string of the molecule is Cc1cccc(C(=O)O[C@@H](C)C(=O)Nc2ccccc2F)c1. The van der Waals surface area contributed by atoms with Crippen molar-refractivity contribution in [1.29, 1.82) is 0 Å². The third-order valence-electron chi connectivity index (χ3n) is 3.04. The number of rotatable bonds is 4. The molecule has 0 radical (unpaired) electrons. The van der Waals surface area contributed by atoms with Gasteiger partial charge in [-0.05, 0) is 38.1 Å². The Morgan fingerprint density at radius 1 is 1.14 bits per heavy atom. The molecule has 2 aromatic rings. The van der Waals surface area contributed by atoms with Crippen LogP contribution in [-0.2, 0) is 9.53 Å². The molecule has 0 aliphatic heterocycles.